The second-order valence-electron chi connectivity index (χ2n) is 20.6. The number of quaternary nitrogens is 1. The number of carbonyl (C=O) groups is 3. The number of carbonyl (C=O) groups excluding carboxylic acids is 2. The van der Waals surface area contributed by atoms with Crippen molar-refractivity contribution in [3.05, 3.63) is 48.6 Å². The number of allylic oxidation sites excluding steroid dienone is 8. The number of nitrogens with zero attached hydrogens (tertiary/aromatic N) is 1. The molecule has 69 heavy (non-hydrogen) atoms. The summed E-state index contributed by atoms with van der Waals surface area (Å²) in [7, 11) is 5.97. The molecule has 2 unspecified atom stereocenters. The number of hydrogen-bond acceptors (Lipinski definition) is 7. The molecule has 0 aromatic carbocycles. The van der Waals surface area contributed by atoms with E-state index < -0.39 is 24.3 Å². The first-order chi connectivity index (χ1) is 33.6. The predicted molar refractivity (Wildman–Crippen MR) is 290 cm³/mol. The number of carboxylic acids is 1. The van der Waals surface area contributed by atoms with E-state index in [9.17, 15) is 19.5 Å². The van der Waals surface area contributed by atoms with Crippen molar-refractivity contribution in [2.75, 3.05) is 47.5 Å². The third-order valence-corrected chi connectivity index (χ3v) is 12.6. The molecule has 0 rings (SSSR count). The number of rotatable bonds is 53. The fraction of sp³-hybridized carbons (Fsp3) is 0.817. The Kier molecular flexibility index (Phi) is 49.5. The molecule has 0 fully saturated rings. The van der Waals surface area contributed by atoms with Crippen LogP contribution in [0.2, 0.25) is 0 Å². The number of likely N-dealkylation sites (N-methyl/N-ethyl adjacent to an activating group) is 1. The molecule has 402 valence electrons. The summed E-state index contributed by atoms with van der Waals surface area (Å²) in [6, 6.07) is 0. The number of unbranched alkanes of at least 4 members (excludes halogenated alkanes) is 30. The number of carboxylic acid groups (broad SMARTS) is 1. The molecule has 0 aliphatic heterocycles. The van der Waals surface area contributed by atoms with Crippen LogP contribution in [0.25, 0.3) is 0 Å². The lowest BCUT2D eigenvalue weighted by Crippen LogP contribution is -2.40. The highest BCUT2D eigenvalue weighted by Gasteiger charge is 2.25. The largest absolute Gasteiger partial charge is 0.477 e. The summed E-state index contributed by atoms with van der Waals surface area (Å²) in [6.45, 7) is 4.79. The van der Waals surface area contributed by atoms with Crippen molar-refractivity contribution in [2.24, 2.45) is 0 Å². The highest BCUT2D eigenvalue weighted by Crippen LogP contribution is 2.17. The first-order valence-electron chi connectivity index (χ1n) is 28.8. The van der Waals surface area contributed by atoms with Crippen molar-refractivity contribution in [3.63, 3.8) is 0 Å². The molecular formula is C60H110NO8+. The highest BCUT2D eigenvalue weighted by atomic mass is 16.7. The Balaban J connectivity index is 4.10. The third-order valence-electron chi connectivity index (χ3n) is 12.6. The van der Waals surface area contributed by atoms with Gasteiger partial charge in [0.2, 0.25) is 0 Å². The molecule has 0 saturated heterocycles. The first-order valence-corrected chi connectivity index (χ1v) is 28.8. The number of esters is 2. The van der Waals surface area contributed by atoms with Crippen LogP contribution in [0, 0.1) is 0 Å². The van der Waals surface area contributed by atoms with Crippen LogP contribution in [0.5, 0.6) is 0 Å². The first kappa shape index (κ1) is 66.2. The van der Waals surface area contributed by atoms with Crippen LogP contribution in [-0.2, 0) is 33.3 Å². The molecule has 9 heteroatoms. The molecule has 9 nitrogen and oxygen atoms in total. The average Bonchev–Trinajstić information content (AvgIpc) is 3.31. The summed E-state index contributed by atoms with van der Waals surface area (Å²) in [5.41, 5.74) is 0. The van der Waals surface area contributed by atoms with E-state index in [1.165, 1.54) is 167 Å². The van der Waals surface area contributed by atoms with Gasteiger partial charge in [-0.3, -0.25) is 9.59 Å². The van der Waals surface area contributed by atoms with Crippen LogP contribution in [0.15, 0.2) is 48.6 Å². The zero-order valence-electron chi connectivity index (χ0n) is 45.7. The van der Waals surface area contributed by atoms with Gasteiger partial charge in [-0.2, -0.15) is 0 Å². The predicted octanol–water partition coefficient (Wildman–Crippen LogP) is 16.7. The maximum atomic E-state index is 12.9. The molecule has 0 amide bonds. The van der Waals surface area contributed by atoms with Crippen LogP contribution < -0.4 is 0 Å². The lowest BCUT2D eigenvalue weighted by molar-refractivity contribution is -0.870. The van der Waals surface area contributed by atoms with Crippen molar-refractivity contribution < 1.29 is 42.9 Å². The molecule has 0 radical (unpaired) electrons. The van der Waals surface area contributed by atoms with Gasteiger partial charge in [-0.05, 0) is 51.4 Å². The molecular weight excluding hydrogens is 863 g/mol. The van der Waals surface area contributed by atoms with E-state index in [0.717, 1.165) is 64.2 Å². The van der Waals surface area contributed by atoms with Crippen LogP contribution in [0.1, 0.15) is 258 Å². The van der Waals surface area contributed by atoms with Gasteiger partial charge in [0.15, 0.2) is 6.10 Å². The Morgan fingerprint density at radius 3 is 1.23 bits per heavy atom. The molecule has 0 saturated carbocycles. The molecule has 0 aliphatic rings. The van der Waals surface area contributed by atoms with Gasteiger partial charge in [0.05, 0.1) is 34.4 Å². The van der Waals surface area contributed by atoms with E-state index in [-0.39, 0.29) is 32.2 Å². The summed E-state index contributed by atoms with van der Waals surface area (Å²) in [4.78, 5) is 37.3. The van der Waals surface area contributed by atoms with Crippen LogP contribution in [0.4, 0.5) is 0 Å². The molecule has 0 heterocycles. The summed E-state index contributed by atoms with van der Waals surface area (Å²) in [6.07, 6.45) is 60.5. The molecule has 0 spiro atoms. The fourth-order valence-corrected chi connectivity index (χ4v) is 8.18. The van der Waals surface area contributed by atoms with E-state index in [1.807, 2.05) is 21.1 Å². The minimum Gasteiger partial charge on any atom is -0.477 e. The zero-order chi connectivity index (χ0) is 50.6. The summed E-state index contributed by atoms with van der Waals surface area (Å²) < 4.78 is 22.9. The molecule has 0 bridgehead atoms. The van der Waals surface area contributed by atoms with Crippen LogP contribution >= 0.6 is 0 Å². The van der Waals surface area contributed by atoms with Crippen LogP contribution in [0.3, 0.4) is 0 Å². The van der Waals surface area contributed by atoms with Crippen molar-refractivity contribution in [1.82, 2.24) is 0 Å². The normalized spacial score (nSPS) is 13.1. The van der Waals surface area contributed by atoms with Gasteiger partial charge >= 0.3 is 17.9 Å². The van der Waals surface area contributed by atoms with E-state index in [2.05, 4.69) is 62.5 Å². The fourth-order valence-electron chi connectivity index (χ4n) is 8.18. The smallest absolute Gasteiger partial charge is 0.361 e. The van der Waals surface area contributed by atoms with Crippen molar-refractivity contribution in [2.45, 2.75) is 270 Å². The topological polar surface area (TPSA) is 108 Å². The Morgan fingerprint density at radius 2 is 0.826 bits per heavy atom. The van der Waals surface area contributed by atoms with Gasteiger partial charge in [-0.25, -0.2) is 4.79 Å². The Hall–Kier alpha value is -2.75. The molecule has 0 aromatic rings. The van der Waals surface area contributed by atoms with Gasteiger partial charge in [0, 0.05) is 12.8 Å². The SMILES string of the molecule is CC/C=C\C/C=C\C/C=C\C/C=C\CCCCCCCCCCCCCCCCCCCCC(=O)OC(COC(=O)CCCCCCCCCCCCCCC)COC(OCC[N+](C)(C)C)C(=O)O. The van der Waals surface area contributed by atoms with Crippen LogP contribution in [-0.4, -0.2) is 87.4 Å². The van der Waals surface area contributed by atoms with Gasteiger partial charge in [0.1, 0.15) is 13.2 Å². The summed E-state index contributed by atoms with van der Waals surface area (Å²) in [5, 5.41) is 9.68. The minimum absolute atomic E-state index is 0.177. The van der Waals surface area contributed by atoms with Crippen molar-refractivity contribution in [3.8, 4) is 0 Å². The molecule has 2 atom stereocenters. The Labute approximate surface area is 425 Å². The monoisotopic (exact) mass is 973 g/mol. The van der Waals surface area contributed by atoms with E-state index in [4.69, 9.17) is 18.9 Å². The maximum Gasteiger partial charge on any atom is 0.361 e. The summed E-state index contributed by atoms with van der Waals surface area (Å²) >= 11 is 0. The number of hydrogen-bond donors (Lipinski definition) is 1. The van der Waals surface area contributed by atoms with Crippen molar-refractivity contribution in [1.29, 1.82) is 0 Å². The van der Waals surface area contributed by atoms with Gasteiger partial charge in [-0.15, -0.1) is 0 Å². The van der Waals surface area contributed by atoms with E-state index in [0.29, 0.717) is 17.4 Å². The standard InChI is InChI=1S/C60H109NO8/c1-6-8-10-12-14-16-18-20-21-22-23-24-25-26-27-28-29-30-31-32-33-34-35-36-37-39-41-43-45-47-49-51-58(63)69-56(55-68-60(59(64)65)66-53-52-61(3,4)5)54-67-57(62)50-48-46-44-42-40-38-19-17-15-13-11-9-7-2/h8,10,14,16,20-21,23-24,56,60H,6-7,9,11-13,15,17-19,22,25-55H2,1-5H3/p+1/b10-8-,16-14-,21-20-,24-23-. The Bertz CT molecular complexity index is 1270. The second kappa shape index (κ2) is 51.6. The third kappa shape index (κ3) is 52.9. The lowest BCUT2D eigenvalue weighted by Gasteiger charge is -2.25. The maximum absolute atomic E-state index is 12.9. The Morgan fingerprint density at radius 1 is 0.449 bits per heavy atom. The number of ether oxygens (including phenoxy) is 4. The molecule has 0 aromatic heterocycles. The van der Waals surface area contributed by atoms with Gasteiger partial charge in [0.25, 0.3) is 6.29 Å². The molecule has 1 N–H and O–H groups in total. The second-order valence-corrected chi connectivity index (χ2v) is 20.6. The van der Waals surface area contributed by atoms with Gasteiger partial charge < -0.3 is 28.5 Å². The highest BCUT2D eigenvalue weighted by molar-refractivity contribution is 5.71. The zero-order valence-corrected chi connectivity index (χ0v) is 45.7. The van der Waals surface area contributed by atoms with E-state index >= 15 is 0 Å². The van der Waals surface area contributed by atoms with Gasteiger partial charge in [-0.1, -0.05) is 242 Å². The molecule has 0 aliphatic carbocycles. The minimum atomic E-state index is -1.51. The number of aliphatic carboxylic acids is 1. The van der Waals surface area contributed by atoms with Crippen molar-refractivity contribution >= 4 is 17.9 Å². The summed E-state index contributed by atoms with van der Waals surface area (Å²) in [5.74, 6) is -1.99. The quantitative estimate of drug-likeness (QED) is 0.0211. The average molecular weight is 974 g/mol. The van der Waals surface area contributed by atoms with E-state index in [1.54, 1.807) is 0 Å². The lowest BCUT2D eigenvalue weighted by atomic mass is 10.0.